The molecule has 3 N–H and O–H groups in total. The van der Waals surface area contributed by atoms with Crippen LogP contribution < -0.4 is 16.2 Å². The molecule has 2 rings (SSSR count). The van der Waals surface area contributed by atoms with Gasteiger partial charge in [0.2, 0.25) is 5.91 Å². The maximum atomic E-state index is 12.7. The third-order valence-corrected chi connectivity index (χ3v) is 2.88. The van der Waals surface area contributed by atoms with Gasteiger partial charge in [-0.15, -0.1) is 0 Å². The third-order valence-electron chi connectivity index (χ3n) is 2.88. The van der Waals surface area contributed by atoms with Crippen molar-refractivity contribution in [2.45, 2.75) is 0 Å². The SMILES string of the molecule is O=C(CNC(=O)c1cc([N+](=O)[O-])c[nH]c1=O)Nc1ccc(F)cc1. The van der Waals surface area contributed by atoms with Crippen LogP contribution in [0, 0.1) is 15.9 Å². The molecule has 10 heteroatoms. The van der Waals surface area contributed by atoms with Gasteiger partial charge in [-0.05, 0) is 24.3 Å². The van der Waals surface area contributed by atoms with E-state index in [1.165, 1.54) is 12.1 Å². The molecule has 9 nitrogen and oxygen atoms in total. The third kappa shape index (κ3) is 4.22. The number of H-pyrrole nitrogens is 1. The van der Waals surface area contributed by atoms with Crippen LogP contribution in [0.25, 0.3) is 0 Å². The van der Waals surface area contributed by atoms with Crippen molar-refractivity contribution in [3.05, 3.63) is 68.4 Å². The Morgan fingerprint density at radius 1 is 1.25 bits per heavy atom. The van der Waals surface area contributed by atoms with Crippen molar-refractivity contribution in [2.24, 2.45) is 0 Å². The van der Waals surface area contributed by atoms with Crippen LogP contribution in [0.15, 0.2) is 41.3 Å². The summed E-state index contributed by atoms with van der Waals surface area (Å²) in [5.41, 5.74) is -1.45. The normalized spacial score (nSPS) is 10.0. The van der Waals surface area contributed by atoms with Gasteiger partial charge in [0.1, 0.15) is 11.4 Å². The number of hydrogen-bond acceptors (Lipinski definition) is 5. The molecular weight excluding hydrogens is 323 g/mol. The van der Waals surface area contributed by atoms with E-state index in [0.29, 0.717) is 5.69 Å². The summed E-state index contributed by atoms with van der Waals surface area (Å²) in [6.45, 7) is -0.474. The van der Waals surface area contributed by atoms with Crippen molar-refractivity contribution in [1.29, 1.82) is 0 Å². The number of rotatable bonds is 5. The van der Waals surface area contributed by atoms with Crippen LogP contribution in [0.5, 0.6) is 0 Å². The predicted octanol–water partition coefficient (Wildman–Crippen LogP) is 0.791. The Morgan fingerprint density at radius 3 is 2.54 bits per heavy atom. The second-order valence-corrected chi connectivity index (χ2v) is 4.60. The molecule has 0 unspecified atom stereocenters. The van der Waals surface area contributed by atoms with E-state index >= 15 is 0 Å². The molecule has 0 bridgehead atoms. The van der Waals surface area contributed by atoms with E-state index in [9.17, 15) is 28.9 Å². The van der Waals surface area contributed by atoms with Crippen molar-refractivity contribution in [3.8, 4) is 0 Å². The summed E-state index contributed by atoms with van der Waals surface area (Å²) in [5.74, 6) is -2.02. The molecule has 0 saturated carbocycles. The lowest BCUT2D eigenvalue weighted by Gasteiger charge is -2.06. The molecule has 1 heterocycles. The molecular formula is C14H11FN4O5. The fraction of sp³-hybridized carbons (Fsp3) is 0.0714. The summed E-state index contributed by atoms with van der Waals surface area (Å²) >= 11 is 0. The fourth-order valence-electron chi connectivity index (χ4n) is 1.74. The van der Waals surface area contributed by atoms with Crippen LogP contribution in [0.2, 0.25) is 0 Å². The minimum absolute atomic E-state index is 0.323. The van der Waals surface area contributed by atoms with Crippen molar-refractivity contribution in [1.82, 2.24) is 10.3 Å². The van der Waals surface area contributed by atoms with E-state index in [1.54, 1.807) is 0 Å². The maximum Gasteiger partial charge on any atom is 0.286 e. The van der Waals surface area contributed by atoms with Crippen LogP contribution in [-0.4, -0.2) is 28.3 Å². The number of carbonyl (C=O) groups excluding carboxylic acids is 2. The van der Waals surface area contributed by atoms with Gasteiger partial charge in [-0.2, -0.15) is 0 Å². The molecule has 24 heavy (non-hydrogen) atoms. The lowest BCUT2D eigenvalue weighted by molar-refractivity contribution is -0.385. The molecule has 2 aromatic rings. The van der Waals surface area contributed by atoms with Gasteiger partial charge in [-0.25, -0.2) is 4.39 Å². The number of benzene rings is 1. The van der Waals surface area contributed by atoms with E-state index in [-0.39, 0.29) is 0 Å². The first-order valence-corrected chi connectivity index (χ1v) is 6.57. The summed E-state index contributed by atoms with van der Waals surface area (Å²) in [7, 11) is 0. The molecule has 124 valence electrons. The molecule has 0 radical (unpaired) electrons. The zero-order chi connectivity index (χ0) is 17.7. The number of carbonyl (C=O) groups is 2. The number of halogens is 1. The Morgan fingerprint density at radius 2 is 1.92 bits per heavy atom. The first-order valence-electron chi connectivity index (χ1n) is 6.57. The molecule has 2 amide bonds. The van der Waals surface area contributed by atoms with Gasteiger partial charge in [0.25, 0.3) is 17.2 Å². The smallest absolute Gasteiger partial charge is 0.286 e. The van der Waals surface area contributed by atoms with Crippen molar-refractivity contribution in [2.75, 3.05) is 11.9 Å². The van der Waals surface area contributed by atoms with Crippen LogP contribution in [0.3, 0.4) is 0 Å². The molecule has 0 aliphatic carbocycles. The average Bonchev–Trinajstić information content (AvgIpc) is 2.55. The first kappa shape index (κ1) is 16.8. The number of pyridine rings is 1. The highest BCUT2D eigenvalue weighted by molar-refractivity contribution is 5.99. The van der Waals surface area contributed by atoms with Crippen LogP contribution >= 0.6 is 0 Å². The lowest BCUT2D eigenvalue weighted by Crippen LogP contribution is -2.35. The van der Waals surface area contributed by atoms with Crippen molar-refractivity contribution < 1.29 is 18.9 Å². The quantitative estimate of drug-likeness (QED) is 0.549. The number of nitrogens with zero attached hydrogens (tertiary/aromatic N) is 1. The predicted molar refractivity (Wildman–Crippen MR) is 81.1 cm³/mol. The molecule has 1 aromatic carbocycles. The molecule has 1 aromatic heterocycles. The van der Waals surface area contributed by atoms with E-state index in [0.717, 1.165) is 24.4 Å². The highest BCUT2D eigenvalue weighted by atomic mass is 19.1. The fourth-order valence-corrected chi connectivity index (χ4v) is 1.74. The Balaban J connectivity index is 1.99. The zero-order valence-electron chi connectivity index (χ0n) is 12.0. The van der Waals surface area contributed by atoms with Gasteiger partial charge in [-0.3, -0.25) is 24.5 Å². The van der Waals surface area contributed by atoms with E-state index in [4.69, 9.17) is 0 Å². The largest absolute Gasteiger partial charge is 0.343 e. The second kappa shape index (κ2) is 7.13. The van der Waals surface area contributed by atoms with E-state index in [1.807, 2.05) is 0 Å². The number of nitrogens with one attached hydrogen (secondary N) is 3. The number of nitro groups is 1. The number of anilines is 1. The minimum atomic E-state index is -0.936. The Kier molecular flexibility index (Phi) is 5.00. The number of aromatic nitrogens is 1. The summed E-state index contributed by atoms with van der Waals surface area (Å²) in [6, 6.07) is 5.78. The Labute approximate surface area is 133 Å². The Hall–Kier alpha value is -3.56. The molecule has 0 atom stereocenters. The van der Waals surface area contributed by atoms with Gasteiger partial charge in [0.05, 0.1) is 17.7 Å². The van der Waals surface area contributed by atoms with Crippen molar-refractivity contribution >= 4 is 23.2 Å². The molecule has 0 aliphatic rings. The van der Waals surface area contributed by atoms with Gasteiger partial charge in [-0.1, -0.05) is 0 Å². The minimum Gasteiger partial charge on any atom is -0.343 e. The maximum absolute atomic E-state index is 12.7. The summed E-state index contributed by atoms with van der Waals surface area (Å²) in [6.07, 6.45) is 0.861. The molecule has 0 fully saturated rings. The van der Waals surface area contributed by atoms with Gasteiger partial charge < -0.3 is 15.6 Å². The summed E-state index contributed by atoms with van der Waals surface area (Å²) in [5, 5.41) is 15.2. The van der Waals surface area contributed by atoms with Crippen LogP contribution in [-0.2, 0) is 4.79 Å². The van der Waals surface area contributed by atoms with E-state index in [2.05, 4.69) is 15.6 Å². The standard InChI is InChI=1S/C14H11FN4O5/c15-8-1-3-9(4-2-8)18-12(20)7-17-14(22)11-5-10(19(23)24)6-16-13(11)21/h1-6H,7H2,(H,16,21)(H,17,22)(H,18,20). The monoisotopic (exact) mass is 334 g/mol. The van der Waals surface area contributed by atoms with Crippen LogP contribution in [0.4, 0.5) is 15.8 Å². The second-order valence-electron chi connectivity index (χ2n) is 4.60. The summed E-state index contributed by atoms with van der Waals surface area (Å²) < 4.78 is 12.7. The Bertz CT molecular complexity index is 847. The molecule has 0 aliphatic heterocycles. The van der Waals surface area contributed by atoms with Crippen LogP contribution in [0.1, 0.15) is 10.4 Å². The van der Waals surface area contributed by atoms with Crippen molar-refractivity contribution in [3.63, 3.8) is 0 Å². The van der Waals surface area contributed by atoms with E-state index < -0.39 is 45.9 Å². The number of aromatic amines is 1. The number of amides is 2. The zero-order valence-corrected chi connectivity index (χ0v) is 12.0. The van der Waals surface area contributed by atoms with Gasteiger partial charge in [0.15, 0.2) is 0 Å². The molecule has 0 saturated heterocycles. The topological polar surface area (TPSA) is 134 Å². The molecule has 0 spiro atoms. The first-order chi connectivity index (χ1) is 11.4. The van der Waals surface area contributed by atoms with Gasteiger partial charge in [0, 0.05) is 11.8 Å². The summed E-state index contributed by atoms with van der Waals surface area (Å²) in [4.78, 5) is 47.0. The van der Waals surface area contributed by atoms with Gasteiger partial charge >= 0.3 is 0 Å². The number of hydrogen-bond donors (Lipinski definition) is 3. The highest BCUT2D eigenvalue weighted by Gasteiger charge is 2.16. The lowest BCUT2D eigenvalue weighted by atomic mass is 10.2. The highest BCUT2D eigenvalue weighted by Crippen LogP contribution is 2.09. The average molecular weight is 334 g/mol.